The molecule has 0 aliphatic carbocycles. The van der Waals surface area contributed by atoms with Gasteiger partial charge in [-0.3, -0.25) is 9.89 Å². The maximum Gasteiger partial charge on any atom is 0.272 e. The van der Waals surface area contributed by atoms with Crippen molar-refractivity contribution in [1.29, 1.82) is 0 Å². The van der Waals surface area contributed by atoms with E-state index in [4.69, 9.17) is 4.74 Å². The number of aromatic nitrogens is 4. The van der Waals surface area contributed by atoms with Gasteiger partial charge in [0.2, 0.25) is 5.88 Å². The second-order valence-electron chi connectivity index (χ2n) is 6.44. The summed E-state index contributed by atoms with van der Waals surface area (Å²) in [5.74, 6) is 1.56. The number of carbonyl (C=O) groups is 1. The largest absolute Gasteiger partial charge is 0.478 e. The van der Waals surface area contributed by atoms with Crippen LogP contribution in [-0.4, -0.2) is 51.6 Å². The van der Waals surface area contributed by atoms with Crippen molar-refractivity contribution in [2.24, 2.45) is 0 Å². The third kappa shape index (κ3) is 2.95. The summed E-state index contributed by atoms with van der Waals surface area (Å²) in [6.07, 6.45) is 2.74. The molecule has 8 nitrogen and oxygen atoms in total. The molecule has 0 unspecified atom stereocenters. The average molecular weight is 330 g/mol. The zero-order valence-corrected chi connectivity index (χ0v) is 13.8. The lowest BCUT2D eigenvalue weighted by Crippen LogP contribution is -2.45. The fourth-order valence-electron chi connectivity index (χ4n) is 3.26. The number of carbonyl (C=O) groups excluding carboxylic acids is 1. The Morgan fingerprint density at radius 3 is 2.88 bits per heavy atom. The van der Waals surface area contributed by atoms with E-state index in [1.54, 1.807) is 10.7 Å². The van der Waals surface area contributed by atoms with E-state index in [1.807, 2.05) is 6.92 Å². The van der Waals surface area contributed by atoms with Crippen molar-refractivity contribution in [3.8, 4) is 5.88 Å². The Balaban J connectivity index is 1.33. The Kier molecular flexibility index (Phi) is 3.87. The van der Waals surface area contributed by atoms with E-state index in [0.717, 1.165) is 50.4 Å². The predicted molar refractivity (Wildman–Crippen MR) is 88.4 cm³/mol. The predicted octanol–water partition coefficient (Wildman–Crippen LogP) is 1.10. The summed E-state index contributed by atoms with van der Waals surface area (Å²) in [5, 5.41) is 14.7. The Morgan fingerprint density at radius 1 is 1.33 bits per heavy atom. The van der Waals surface area contributed by atoms with Gasteiger partial charge in [-0.1, -0.05) is 0 Å². The number of hydrogen-bond acceptors (Lipinski definition) is 5. The highest BCUT2D eigenvalue weighted by molar-refractivity contribution is 5.92. The molecule has 1 amide bonds. The normalized spacial score (nSPS) is 18.1. The molecule has 24 heavy (non-hydrogen) atoms. The van der Waals surface area contributed by atoms with Crippen molar-refractivity contribution >= 4 is 11.7 Å². The van der Waals surface area contributed by atoms with Crippen molar-refractivity contribution in [2.45, 2.75) is 38.8 Å². The summed E-state index contributed by atoms with van der Waals surface area (Å²) in [6.45, 7) is 5.27. The third-order valence-electron chi connectivity index (χ3n) is 4.59. The Bertz CT molecular complexity index is 705. The number of rotatable bonds is 3. The van der Waals surface area contributed by atoms with Crippen LogP contribution in [0.1, 0.15) is 35.4 Å². The number of piperidine rings is 1. The first-order chi connectivity index (χ1) is 11.7. The number of aromatic amines is 1. The summed E-state index contributed by atoms with van der Waals surface area (Å²) in [4.78, 5) is 14.7. The fraction of sp³-hybridized carbons (Fsp3) is 0.562. The van der Waals surface area contributed by atoms with Crippen LogP contribution in [0.3, 0.4) is 0 Å². The molecule has 0 spiro atoms. The number of hydrogen-bond donors (Lipinski definition) is 2. The van der Waals surface area contributed by atoms with Crippen LogP contribution in [0, 0.1) is 6.92 Å². The van der Waals surface area contributed by atoms with E-state index in [0.29, 0.717) is 18.2 Å². The van der Waals surface area contributed by atoms with Gasteiger partial charge in [-0.15, -0.1) is 0 Å². The number of H-pyrrole nitrogens is 1. The van der Waals surface area contributed by atoms with Crippen LogP contribution in [0.4, 0.5) is 5.82 Å². The molecule has 0 bridgehead atoms. The molecule has 2 aromatic rings. The van der Waals surface area contributed by atoms with Crippen molar-refractivity contribution in [3.63, 3.8) is 0 Å². The van der Waals surface area contributed by atoms with Crippen molar-refractivity contribution in [3.05, 3.63) is 23.5 Å². The topological polar surface area (TPSA) is 88.1 Å². The number of aryl methyl sites for hydroxylation is 2. The highest BCUT2D eigenvalue weighted by Gasteiger charge is 2.24. The van der Waals surface area contributed by atoms with E-state index < -0.39 is 0 Å². The fourth-order valence-corrected chi connectivity index (χ4v) is 3.26. The lowest BCUT2D eigenvalue weighted by molar-refractivity contribution is 0.0925. The Hall–Kier alpha value is -2.51. The van der Waals surface area contributed by atoms with Crippen LogP contribution in [0.25, 0.3) is 0 Å². The van der Waals surface area contributed by atoms with Gasteiger partial charge in [-0.2, -0.15) is 10.2 Å². The molecule has 1 saturated heterocycles. The minimum absolute atomic E-state index is 0.116. The molecule has 2 aromatic heterocycles. The van der Waals surface area contributed by atoms with E-state index in [-0.39, 0.29) is 11.9 Å². The van der Waals surface area contributed by atoms with Gasteiger partial charge in [0.05, 0.1) is 6.61 Å². The quantitative estimate of drug-likeness (QED) is 0.880. The number of fused-ring (bicyclic) bond motifs is 1. The van der Waals surface area contributed by atoms with Crippen LogP contribution in [-0.2, 0) is 6.54 Å². The standard InChI is InChI=1S/C16H22N6O2/c1-11-9-14(19-18-11)21-6-3-12(4-7-21)17-16(23)13-10-15-22(20-13)5-2-8-24-15/h9-10,12H,2-8H2,1H3,(H,17,23)(H,18,19). The van der Waals surface area contributed by atoms with Crippen LogP contribution < -0.4 is 15.0 Å². The van der Waals surface area contributed by atoms with Crippen LogP contribution >= 0.6 is 0 Å². The molecule has 0 atom stereocenters. The molecule has 8 heteroatoms. The van der Waals surface area contributed by atoms with Gasteiger partial charge in [0, 0.05) is 49.9 Å². The summed E-state index contributed by atoms with van der Waals surface area (Å²) in [7, 11) is 0. The highest BCUT2D eigenvalue weighted by atomic mass is 16.5. The maximum atomic E-state index is 12.4. The summed E-state index contributed by atoms with van der Waals surface area (Å²) in [6, 6.07) is 3.96. The smallest absolute Gasteiger partial charge is 0.272 e. The monoisotopic (exact) mass is 330 g/mol. The van der Waals surface area contributed by atoms with Crippen LogP contribution in [0.15, 0.2) is 12.1 Å². The summed E-state index contributed by atoms with van der Waals surface area (Å²) >= 11 is 0. The molecule has 2 N–H and O–H groups in total. The van der Waals surface area contributed by atoms with Gasteiger partial charge in [0.1, 0.15) is 0 Å². The van der Waals surface area contributed by atoms with Gasteiger partial charge < -0.3 is 15.0 Å². The minimum Gasteiger partial charge on any atom is -0.478 e. The van der Waals surface area contributed by atoms with E-state index in [9.17, 15) is 4.79 Å². The molecule has 0 radical (unpaired) electrons. The van der Waals surface area contributed by atoms with Crippen molar-refractivity contribution < 1.29 is 9.53 Å². The van der Waals surface area contributed by atoms with E-state index in [1.165, 1.54) is 0 Å². The van der Waals surface area contributed by atoms with Crippen LogP contribution in [0.2, 0.25) is 0 Å². The van der Waals surface area contributed by atoms with E-state index >= 15 is 0 Å². The summed E-state index contributed by atoms with van der Waals surface area (Å²) in [5.41, 5.74) is 1.50. The van der Waals surface area contributed by atoms with Crippen molar-refractivity contribution in [2.75, 3.05) is 24.6 Å². The van der Waals surface area contributed by atoms with Gasteiger partial charge in [-0.05, 0) is 19.8 Å². The van der Waals surface area contributed by atoms with Gasteiger partial charge in [0.25, 0.3) is 5.91 Å². The molecule has 2 aliphatic rings. The highest BCUT2D eigenvalue weighted by Crippen LogP contribution is 2.20. The van der Waals surface area contributed by atoms with E-state index in [2.05, 4.69) is 31.6 Å². The van der Waals surface area contributed by atoms with Gasteiger partial charge in [-0.25, -0.2) is 4.68 Å². The second kappa shape index (κ2) is 6.18. The molecular weight excluding hydrogens is 308 g/mol. The zero-order chi connectivity index (χ0) is 16.5. The van der Waals surface area contributed by atoms with Gasteiger partial charge >= 0.3 is 0 Å². The van der Waals surface area contributed by atoms with Gasteiger partial charge in [0.15, 0.2) is 11.5 Å². The van der Waals surface area contributed by atoms with Crippen LogP contribution in [0.5, 0.6) is 5.88 Å². The number of ether oxygens (including phenoxy) is 1. The SMILES string of the molecule is Cc1cc(N2CCC(NC(=O)c3cc4n(n3)CCCO4)CC2)n[nH]1. The first-order valence-corrected chi connectivity index (χ1v) is 8.47. The summed E-state index contributed by atoms with van der Waals surface area (Å²) < 4.78 is 7.28. The molecule has 4 heterocycles. The molecular formula is C16H22N6O2. The zero-order valence-electron chi connectivity index (χ0n) is 13.8. The molecule has 2 aliphatic heterocycles. The minimum atomic E-state index is -0.116. The average Bonchev–Trinajstić information content (AvgIpc) is 3.21. The van der Waals surface area contributed by atoms with Crippen molar-refractivity contribution in [1.82, 2.24) is 25.3 Å². The number of nitrogens with zero attached hydrogens (tertiary/aromatic N) is 4. The lowest BCUT2D eigenvalue weighted by atomic mass is 10.0. The lowest BCUT2D eigenvalue weighted by Gasteiger charge is -2.32. The maximum absolute atomic E-state index is 12.4. The number of anilines is 1. The molecule has 128 valence electrons. The third-order valence-corrected chi connectivity index (χ3v) is 4.59. The molecule has 1 fully saturated rings. The first kappa shape index (κ1) is 15.0. The first-order valence-electron chi connectivity index (χ1n) is 8.47. The molecule has 0 saturated carbocycles. The Morgan fingerprint density at radius 2 is 2.17 bits per heavy atom. The number of amides is 1. The Labute approximate surface area is 140 Å². The molecule has 4 rings (SSSR count). The second-order valence-corrected chi connectivity index (χ2v) is 6.44. The number of nitrogens with one attached hydrogen (secondary N) is 2. The molecule has 0 aromatic carbocycles.